The summed E-state index contributed by atoms with van der Waals surface area (Å²) in [4.78, 5) is 11.5. The summed E-state index contributed by atoms with van der Waals surface area (Å²) in [7, 11) is 0. The number of hydrogen-bond acceptors (Lipinski definition) is 2. The molecule has 4 heteroatoms. The largest absolute Gasteiger partial charge is 0.472 e. The van der Waals surface area contributed by atoms with Crippen LogP contribution in [0.15, 0.2) is 23.0 Å². The van der Waals surface area contributed by atoms with Crippen LogP contribution in [0.25, 0.3) is 0 Å². The van der Waals surface area contributed by atoms with Crippen LogP contribution in [0.1, 0.15) is 24.2 Å². The van der Waals surface area contributed by atoms with Gasteiger partial charge in [-0.05, 0) is 12.0 Å². The maximum atomic E-state index is 11.5. The Hall–Kier alpha value is -0.960. The molecule has 0 aliphatic heterocycles. The highest BCUT2D eigenvalue weighted by atomic mass is 35.5. The van der Waals surface area contributed by atoms with Crippen molar-refractivity contribution in [3.63, 3.8) is 0 Å². The molecule has 1 aromatic heterocycles. The van der Waals surface area contributed by atoms with Crippen molar-refractivity contribution < 1.29 is 9.21 Å². The third-order valence-electron chi connectivity index (χ3n) is 2.07. The van der Waals surface area contributed by atoms with Crippen molar-refractivity contribution in [2.45, 2.75) is 19.9 Å². The molecule has 0 bridgehead atoms. The quantitative estimate of drug-likeness (QED) is 0.783. The van der Waals surface area contributed by atoms with Gasteiger partial charge in [-0.3, -0.25) is 4.79 Å². The Bertz CT molecular complexity index is 282. The van der Waals surface area contributed by atoms with Gasteiger partial charge < -0.3 is 9.73 Å². The van der Waals surface area contributed by atoms with Gasteiger partial charge in [-0.2, -0.15) is 0 Å². The van der Waals surface area contributed by atoms with Gasteiger partial charge in [-0.25, -0.2) is 0 Å². The molecule has 3 nitrogen and oxygen atoms in total. The molecule has 1 aromatic rings. The van der Waals surface area contributed by atoms with Gasteiger partial charge >= 0.3 is 0 Å². The standard InChI is InChI=1S/C10H14ClNO2/c1-7(2)9(5-11)12-10(13)8-3-4-14-6-8/h3-4,6-7,9H,5H2,1-2H3,(H,12,13). The molecule has 1 heterocycles. The molecule has 1 atom stereocenters. The van der Waals surface area contributed by atoms with Crippen LogP contribution in [0.4, 0.5) is 0 Å². The fourth-order valence-corrected chi connectivity index (χ4v) is 1.46. The molecular formula is C10H14ClNO2. The first-order valence-electron chi connectivity index (χ1n) is 4.54. The summed E-state index contributed by atoms with van der Waals surface area (Å²) in [5, 5.41) is 2.84. The van der Waals surface area contributed by atoms with Crippen molar-refractivity contribution in [2.75, 3.05) is 5.88 Å². The van der Waals surface area contributed by atoms with E-state index in [1.54, 1.807) is 6.07 Å². The SMILES string of the molecule is CC(C)C(CCl)NC(=O)c1ccoc1. The minimum absolute atomic E-state index is 0.000864. The molecule has 78 valence electrons. The number of carbonyl (C=O) groups is 1. The first kappa shape index (κ1) is 11.1. The Balaban J connectivity index is 2.56. The lowest BCUT2D eigenvalue weighted by molar-refractivity contribution is 0.0930. The summed E-state index contributed by atoms with van der Waals surface area (Å²) in [5.74, 6) is 0.600. The highest BCUT2D eigenvalue weighted by Crippen LogP contribution is 2.06. The second-order valence-electron chi connectivity index (χ2n) is 3.49. The lowest BCUT2D eigenvalue weighted by atomic mass is 10.1. The number of hydrogen-bond donors (Lipinski definition) is 1. The monoisotopic (exact) mass is 215 g/mol. The lowest BCUT2D eigenvalue weighted by Gasteiger charge is -2.18. The van der Waals surface area contributed by atoms with Crippen LogP contribution < -0.4 is 5.32 Å². The van der Waals surface area contributed by atoms with Crippen molar-refractivity contribution in [1.82, 2.24) is 5.32 Å². The van der Waals surface area contributed by atoms with Gasteiger partial charge in [0.15, 0.2) is 0 Å². The summed E-state index contributed by atoms with van der Waals surface area (Å²) in [6.45, 7) is 4.03. The summed E-state index contributed by atoms with van der Waals surface area (Å²) in [5.41, 5.74) is 0.528. The fraction of sp³-hybridized carbons (Fsp3) is 0.500. The first-order valence-corrected chi connectivity index (χ1v) is 5.07. The molecule has 0 saturated carbocycles. The maximum Gasteiger partial charge on any atom is 0.254 e. The number of alkyl halides is 1. The van der Waals surface area contributed by atoms with Crippen LogP contribution in [0.5, 0.6) is 0 Å². The predicted molar refractivity (Wildman–Crippen MR) is 55.5 cm³/mol. The third-order valence-corrected chi connectivity index (χ3v) is 2.40. The topological polar surface area (TPSA) is 42.2 Å². The molecule has 0 aliphatic rings. The van der Waals surface area contributed by atoms with Gasteiger partial charge in [0.05, 0.1) is 11.8 Å². The van der Waals surface area contributed by atoms with E-state index >= 15 is 0 Å². The average Bonchev–Trinajstić information content (AvgIpc) is 2.65. The molecule has 0 saturated heterocycles. The Morgan fingerprint density at radius 1 is 1.64 bits per heavy atom. The zero-order valence-electron chi connectivity index (χ0n) is 8.29. The number of amides is 1. The van der Waals surface area contributed by atoms with Crippen molar-refractivity contribution in [2.24, 2.45) is 5.92 Å². The van der Waals surface area contributed by atoms with Crippen molar-refractivity contribution >= 4 is 17.5 Å². The van der Waals surface area contributed by atoms with E-state index in [1.807, 2.05) is 13.8 Å². The summed E-state index contributed by atoms with van der Waals surface area (Å²) in [6, 6.07) is 1.63. The Labute approximate surface area is 88.4 Å². The molecule has 0 aliphatic carbocycles. The van der Waals surface area contributed by atoms with E-state index in [0.29, 0.717) is 17.4 Å². The highest BCUT2D eigenvalue weighted by molar-refractivity contribution is 6.18. The van der Waals surface area contributed by atoms with Crippen LogP contribution in [0.2, 0.25) is 0 Å². The number of furan rings is 1. The number of rotatable bonds is 4. The molecule has 0 spiro atoms. The molecule has 14 heavy (non-hydrogen) atoms. The summed E-state index contributed by atoms with van der Waals surface area (Å²) < 4.78 is 4.82. The molecule has 1 rings (SSSR count). The second-order valence-corrected chi connectivity index (χ2v) is 3.80. The Morgan fingerprint density at radius 3 is 2.79 bits per heavy atom. The molecular weight excluding hydrogens is 202 g/mol. The highest BCUT2D eigenvalue weighted by Gasteiger charge is 2.16. The predicted octanol–water partition coefficient (Wildman–Crippen LogP) is 2.27. The molecule has 1 unspecified atom stereocenters. The number of halogens is 1. The Morgan fingerprint density at radius 2 is 2.36 bits per heavy atom. The smallest absolute Gasteiger partial charge is 0.254 e. The Kier molecular flexibility index (Phi) is 4.01. The van der Waals surface area contributed by atoms with E-state index in [9.17, 15) is 4.79 Å². The van der Waals surface area contributed by atoms with Gasteiger partial charge in [0.25, 0.3) is 5.91 Å². The molecule has 1 amide bonds. The van der Waals surface area contributed by atoms with Crippen LogP contribution in [0, 0.1) is 5.92 Å². The number of carbonyl (C=O) groups excluding carboxylic acids is 1. The fourth-order valence-electron chi connectivity index (χ4n) is 1.03. The van der Waals surface area contributed by atoms with E-state index in [2.05, 4.69) is 5.32 Å². The average molecular weight is 216 g/mol. The molecule has 1 N–H and O–H groups in total. The van der Waals surface area contributed by atoms with Crippen molar-refractivity contribution in [3.8, 4) is 0 Å². The van der Waals surface area contributed by atoms with E-state index in [-0.39, 0.29) is 11.9 Å². The van der Waals surface area contributed by atoms with Crippen molar-refractivity contribution in [3.05, 3.63) is 24.2 Å². The van der Waals surface area contributed by atoms with Crippen molar-refractivity contribution in [1.29, 1.82) is 0 Å². The lowest BCUT2D eigenvalue weighted by Crippen LogP contribution is -2.39. The van der Waals surface area contributed by atoms with Crippen LogP contribution in [-0.2, 0) is 0 Å². The van der Waals surface area contributed by atoms with Gasteiger partial charge in [0.2, 0.25) is 0 Å². The van der Waals surface area contributed by atoms with E-state index < -0.39 is 0 Å². The summed E-state index contributed by atoms with van der Waals surface area (Å²) in [6.07, 6.45) is 2.89. The molecule has 0 radical (unpaired) electrons. The van der Waals surface area contributed by atoms with Crippen LogP contribution in [-0.4, -0.2) is 17.8 Å². The second kappa shape index (κ2) is 5.05. The zero-order chi connectivity index (χ0) is 10.6. The first-order chi connectivity index (χ1) is 6.65. The summed E-state index contributed by atoms with van der Waals surface area (Å²) >= 11 is 5.73. The zero-order valence-corrected chi connectivity index (χ0v) is 9.04. The van der Waals surface area contributed by atoms with E-state index in [4.69, 9.17) is 16.0 Å². The maximum absolute atomic E-state index is 11.5. The number of nitrogens with one attached hydrogen (secondary N) is 1. The molecule has 0 aromatic carbocycles. The van der Waals surface area contributed by atoms with Gasteiger partial charge in [-0.1, -0.05) is 13.8 Å². The van der Waals surface area contributed by atoms with Gasteiger partial charge in [0, 0.05) is 11.9 Å². The van der Waals surface area contributed by atoms with Gasteiger partial charge in [0.1, 0.15) is 6.26 Å². The minimum atomic E-state index is -0.141. The van der Waals surface area contributed by atoms with Gasteiger partial charge in [-0.15, -0.1) is 11.6 Å². The molecule has 0 fully saturated rings. The van der Waals surface area contributed by atoms with E-state index in [0.717, 1.165) is 0 Å². The third kappa shape index (κ3) is 2.77. The minimum Gasteiger partial charge on any atom is -0.472 e. The van der Waals surface area contributed by atoms with Crippen LogP contribution >= 0.6 is 11.6 Å². The van der Waals surface area contributed by atoms with Crippen LogP contribution in [0.3, 0.4) is 0 Å². The normalized spacial score (nSPS) is 12.9. The van der Waals surface area contributed by atoms with E-state index in [1.165, 1.54) is 12.5 Å².